The molecule has 0 heterocycles. The minimum Gasteiger partial charge on any atom is -0.0776 e. The molecule has 42 unspecified atom stereocenters. The van der Waals surface area contributed by atoms with E-state index >= 15 is 0 Å². The van der Waals surface area contributed by atoms with Gasteiger partial charge in [-0.05, 0) is 529 Å². The summed E-state index contributed by atoms with van der Waals surface area (Å²) in [6, 6.07) is 0. The van der Waals surface area contributed by atoms with E-state index < -0.39 is 0 Å². The summed E-state index contributed by atoms with van der Waals surface area (Å²) < 4.78 is 0. The van der Waals surface area contributed by atoms with Crippen molar-refractivity contribution in [3.05, 3.63) is 0 Å². The molecule has 680 valence electrons. The van der Waals surface area contributed by atoms with Crippen LogP contribution in [0.5, 0.6) is 0 Å². The molecule has 0 nitrogen and oxygen atoms in total. The molecule has 0 saturated heterocycles. The van der Waals surface area contributed by atoms with Gasteiger partial charge in [0.05, 0.1) is 0 Å². The van der Waals surface area contributed by atoms with Crippen molar-refractivity contribution in [2.24, 2.45) is 272 Å². The Kier molecular flexibility index (Phi) is 37.2. The van der Waals surface area contributed by atoms with Gasteiger partial charge in [0.2, 0.25) is 0 Å². The molecule has 24 bridgehead atoms. The Balaban J connectivity index is 0.000000150. The van der Waals surface area contributed by atoms with Crippen LogP contribution in [0.3, 0.4) is 0 Å². The second kappa shape index (κ2) is 43.2. The molecule has 30 rings (SSSR count). The van der Waals surface area contributed by atoms with Crippen molar-refractivity contribution in [3.63, 3.8) is 0 Å². The number of fused-ring (bicyclic) bond motifs is 65. The first-order valence-corrected chi connectivity index (χ1v) is 53.5. The first-order valence-electron chi connectivity index (χ1n) is 53.5. The van der Waals surface area contributed by atoms with Crippen LogP contribution in [0.4, 0.5) is 0 Å². The second-order valence-electron chi connectivity index (χ2n) is 45.1. The van der Waals surface area contributed by atoms with Crippen LogP contribution < -0.4 is 0 Å². The molecule has 0 N–H and O–H groups in total. The normalized spacial score (nSPS) is 53.1. The smallest absolute Gasteiger partial charge is 0.0321 e. The summed E-state index contributed by atoms with van der Waals surface area (Å²) in [7, 11) is 0. The lowest BCUT2D eigenvalue weighted by Crippen LogP contribution is -2.42. The Morgan fingerprint density at radius 2 is 0.259 bits per heavy atom. The maximum Gasteiger partial charge on any atom is -0.0321 e. The van der Waals surface area contributed by atoms with Gasteiger partial charge in [-0.15, -0.1) is 0 Å². The highest BCUT2D eigenvalue weighted by Crippen LogP contribution is 2.79. The van der Waals surface area contributed by atoms with E-state index in [1.807, 2.05) is 96.9 Å². The number of rotatable bonds is 0. The van der Waals surface area contributed by atoms with E-state index in [1.165, 1.54) is 272 Å². The first-order chi connectivity index (χ1) is 53.5. The molecule has 0 heteroatoms. The molecule has 0 radical (unpaired) electrons. The van der Waals surface area contributed by atoms with Gasteiger partial charge < -0.3 is 0 Å². The Hall–Kier alpha value is 0. The average Bonchev–Trinajstić information content (AvgIpc) is 1.52. The summed E-state index contributed by atoms with van der Waals surface area (Å²) >= 11 is 0. The van der Waals surface area contributed by atoms with Crippen LogP contribution in [-0.2, 0) is 0 Å². The molecule has 42 atom stereocenters. The Labute approximate surface area is 732 Å². The van der Waals surface area contributed by atoms with E-state index in [-0.39, 0.29) is 59.4 Å². The molecule has 0 amide bonds. The van der Waals surface area contributed by atoms with Crippen molar-refractivity contribution in [2.45, 2.75) is 465 Å². The van der Waals surface area contributed by atoms with Gasteiger partial charge in [-0.3, -0.25) is 0 Å². The van der Waals surface area contributed by atoms with Crippen molar-refractivity contribution < 1.29 is 0 Å². The van der Waals surface area contributed by atoms with Crippen molar-refractivity contribution in [1.29, 1.82) is 0 Å². The van der Waals surface area contributed by atoms with Crippen LogP contribution >= 0.6 is 0 Å². The van der Waals surface area contributed by atoms with E-state index in [0.717, 1.165) is 0 Å². The van der Waals surface area contributed by atoms with Crippen LogP contribution in [-0.4, -0.2) is 0 Å². The van der Waals surface area contributed by atoms with E-state index in [1.54, 1.807) is 308 Å². The summed E-state index contributed by atoms with van der Waals surface area (Å²) in [5, 5.41) is 0. The molecule has 0 aromatic rings. The topological polar surface area (TPSA) is 0 Å². The monoisotopic (exact) mass is 1610 g/mol. The third-order valence-corrected chi connectivity index (χ3v) is 44.1. The minimum absolute atomic E-state index is 0. The lowest BCUT2D eigenvalue weighted by atomic mass is 9.56. The molecule has 0 aromatic carbocycles. The van der Waals surface area contributed by atoms with Crippen molar-refractivity contribution >= 4 is 0 Å². The molecule has 30 aliphatic rings. The number of hydrogen-bond acceptors (Lipinski definition) is 0. The molecule has 30 aliphatic carbocycles. The predicted octanol–water partition coefficient (Wildman–Crippen LogP) is 36.7. The molecular weight excluding hydrogens is 1390 g/mol. The van der Waals surface area contributed by atoms with Gasteiger partial charge in [0.25, 0.3) is 0 Å². The van der Waals surface area contributed by atoms with E-state index in [2.05, 4.69) is 0 Å². The van der Waals surface area contributed by atoms with Crippen LogP contribution in [0.15, 0.2) is 0 Å². The van der Waals surface area contributed by atoms with Crippen molar-refractivity contribution in [1.82, 2.24) is 0 Å². The maximum atomic E-state index is 2.00. The second-order valence-corrected chi connectivity index (χ2v) is 45.1. The standard InChI is InChI=1S/C17H24.C15H22.C15H24.C14H20.C12H18.C11H18.C10H16.7C2H6.8CH4/c1-2-9-5-8(1)14-12-7-13(15(9)14)17-11-4-3-10(6-11)16(12)17;1-2-10-11(3-1)13-7-12(10)14-8-4-5-9(6-8)15(13)14;1-2-4-11-9-15-13-6-5-12(7-13)14(15)8-10(11)3-1;1-2-8-5-7(1)13-11-6-12(14(8)13)10-4-3-9(10)11;1-2-8-5-7(1)11-9-3-4-10(6-9)12(8)11;1-2-4-11-9-6-5-8(7-9)10(11)3-1;1-2-9-7-4-5-8(6-7)10(9)3-1;7*1-2;;;;;;;;/h8-17H,1-7H2;8-15H,1-7H2;10-15H,1-9H2;7-14H,1-6H2;7-12H,1-6H2;8-11H,1-7H2;7-10H,1-6H2;7*1-2H3;8*1H4. The lowest BCUT2D eigenvalue weighted by Gasteiger charge is -2.49. The van der Waals surface area contributed by atoms with Gasteiger partial charge >= 0.3 is 0 Å². The molecule has 30 saturated carbocycles. The molecule has 0 spiro atoms. The van der Waals surface area contributed by atoms with E-state index in [0.29, 0.717) is 0 Å². The van der Waals surface area contributed by atoms with Gasteiger partial charge in [0.1, 0.15) is 0 Å². The van der Waals surface area contributed by atoms with Gasteiger partial charge in [0, 0.05) is 0 Å². The molecule has 30 fully saturated rings. The van der Waals surface area contributed by atoms with Crippen LogP contribution in [0.25, 0.3) is 0 Å². The zero-order chi connectivity index (χ0) is 74.5. The summed E-state index contributed by atoms with van der Waals surface area (Å²) in [4.78, 5) is 0. The fourth-order valence-electron chi connectivity index (χ4n) is 42.5. The maximum absolute atomic E-state index is 2.00. The highest BCUT2D eigenvalue weighted by molar-refractivity contribution is 5.20. The van der Waals surface area contributed by atoms with Gasteiger partial charge in [0.15, 0.2) is 0 Å². The van der Waals surface area contributed by atoms with Gasteiger partial charge in [-0.25, -0.2) is 0 Å². The lowest BCUT2D eigenvalue weighted by molar-refractivity contribution is -0.00279. The molecule has 0 aliphatic heterocycles. The number of hydrogen-bond donors (Lipinski definition) is 0. The highest BCUT2D eigenvalue weighted by Gasteiger charge is 2.72. The largest absolute Gasteiger partial charge is 0.0776 e. The molecule has 0 aromatic heterocycles. The Morgan fingerprint density at radius 1 is 0.0948 bits per heavy atom. The quantitative estimate of drug-likeness (QED) is 0.212. The van der Waals surface area contributed by atoms with E-state index in [4.69, 9.17) is 0 Å². The average molecular weight is 1610 g/mol. The zero-order valence-electron chi connectivity index (χ0n) is 74.5. The summed E-state index contributed by atoms with van der Waals surface area (Å²) in [6.45, 7) is 28.0. The van der Waals surface area contributed by atoms with Crippen LogP contribution in [0, 0.1) is 272 Å². The van der Waals surface area contributed by atoms with Crippen LogP contribution in [0.2, 0.25) is 0 Å². The summed E-state index contributed by atoms with van der Waals surface area (Å²) in [5.74, 6) is 55.9. The summed E-state index contributed by atoms with van der Waals surface area (Å²) in [6.07, 6.45) is 77.4. The molecule has 116 heavy (non-hydrogen) atoms. The summed E-state index contributed by atoms with van der Waals surface area (Å²) in [5.41, 5.74) is 0. The Bertz CT molecular complexity index is 2580. The Morgan fingerprint density at radius 3 is 0.500 bits per heavy atom. The zero-order valence-corrected chi connectivity index (χ0v) is 74.5. The van der Waals surface area contributed by atoms with Crippen molar-refractivity contribution in [2.75, 3.05) is 0 Å². The van der Waals surface area contributed by atoms with Gasteiger partial charge in [-0.2, -0.15) is 0 Å². The third kappa shape index (κ3) is 16.6. The van der Waals surface area contributed by atoms with Crippen molar-refractivity contribution in [3.8, 4) is 0 Å². The van der Waals surface area contributed by atoms with Gasteiger partial charge in [-0.1, -0.05) is 208 Å². The first kappa shape index (κ1) is 99.8. The molecular formula is C116H216. The van der Waals surface area contributed by atoms with E-state index in [9.17, 15) is 0 Å². The fourth-order valence-corrected chi connectivity index (χ4v) is 42.5. The predicted molar refractivity (Wildman–Crippen MR) is 515 cm³/mol. The third-order valence-electron chi connectivity index (χ3n) is 44.1. The SMILES string of the molecule is C.C.C.C.C.C.C.C.C1CC2C(C1)C1CC2C2C3CCC(C3)C12.C1CC2C3CCC(C3)C2C1.C1CC2CC1C1C3CC(C21)C1C2CCC(C2)C31.C1CC2CC1C1C3CC(C4CCC43)C21.C1CC2CC1C1C3CCC(C3)C21.C1CCC2C3CCC(C3)C2C1.C1CCC2CC3C4CCC(C4)C3CC2C1.CC.CC.CC.CC.CC.CC.CC. The fraction of sp³-hybridized carbons (Fsp3) is 1.00. The van der Waals surface area contributed by atoms with Crippen LogP contribution in [0.1, 0.15) is 465 Å². The minimum atomic E-state index is 0. The highest BCUT2D eigenvalue weighted by atomic mass is 14.8.